The Morgan fingerprint density at radius 1 is 1.07 bits per heavy atom. The van der Waals surface area contributed by atoms with Gasteiger partial charge in [-0.1, -0.05) is 36.1 Å². The highest BCUT2D eigenvalue weighted by Gasteiger charge is 2.33. The molecular formula is C20H15NO5S2. The number of methoxy groups -OCH3 is 1. The first-order valence-electron chi connectivity index (χ1n) is 8.15. The zero-order chi connectivity index (χ0) is 20.1. The summed E-state index contributed by atoms with van der Waals surface area (Å²) in [6.45, 7) is -0.292. The number of aldehydes is 1. The number of esters is 1. The van der Waals surface area contributed by atoms with Gasteiger partial charge in [0.15, 0.2) is 0 Å². The Labute approximate surface area is 171 Å². The van der Waals surface area contributed by atoms with Gasteiger partial charge in [0.05, 0.1) is 12.0 Å². The lowest BCUT2D eigenvalue weighted by Gasteiger charge is -2.13. The van der Waals surface area contributed by atoms with E-state index >= 15 is 0 Å². The van der Waals surface area contributed by atoms with Crippen LogP contribution in [0.1, 0.15) is 15.9 Å². The van der Waals surface area contributed by atoms with E-state index in [9.17, 15) is 14.4 Å². The number of thiocarbonyl (C=S) groups is 1. The predicted molar refractivity (Wildman–Crippen MR) is 110 cm³/mol. The van der Waals surface area contributed by atoms with E-state index in [1.165, 1.54) is 29.2 Å². The smallest absolute Gasteiger partial charge is 0.331 e. The summed E-state index contributed by atoms with van der Waals surface area (Å²) >= 11 is 6.36. The highest BCUT2D eigenvalue weighted by atomic mass is 32.2. The second kappa shape index (κ2) is 8.81. The number of rotatable bonds is 6. The molecule has 0 N–H and O–H groups in total. The molecule has 3 rings (SSSR count). The van der Waals surface area contributed by atoms with Crippen molar-refractivity contribution >= 4 is 52.5 Å². The summed E-state index contributed by atoms with van der Waals surface area (Å²) in [7, 11) is 1.58. The van der Waals surface area contributed by atoms with Crippen molar-refractivity contribution in [3.8, 4) is 11.5 Å². The minimum Gasteiger partial charge on any atom is -0.497 e. The predicted octanol–water partition coefficient (Wildman–Crippen LogP) is 3.31. The van der Waals surface area contributed by atoms with Crippen LogP contribution in [0.2, 0.25) is 0 Å². The molecule has 0 atom stereocenters. The third kappa shape index (κ3) is 4.65. The minimum absolute atomic E-state index is 0.287. The molecule has 1 fully saturated rings. The van der Waals surface area contributed by atoms with Crippen LogP contribution in [0.5, 0.6) is 11.5 Å². The molecule has 0 spiro atoms. The largest absolute Gasteiger partial charge is 0.497 e. The standard InChI is InChI=1S/C20H15NO5S2/c1-25-15-6-2-13(3-7-15)10-17-19(24)21(20(27)28-17)11-18(23)26-16-8-4-14(12-22)5-9-16/h2-10,12H,11H2,1H3. The Morgan fingerprint density at radius 2 is 1.68 bits per heavy atom. The SMILES string of the molecule is COc1ccc(C=C2SC(=S)N(CC(=O)Oc3ccc(C=O)cc3)C2=O)cc1. The van der Waals surface area contributed by atoms with E-state index < -0.39 is 5.97 Å². The fourth-order valence-corrected chi connectivity index (χ4v) is 3.65. The van der Waals surface area contributed by atoms with E-state index in [0.29, 0.717) is 22.5 Å². The van der Waals surface area contributed by atoms with E-state index in [0.717, 1.165) is 17.3 Å². The first kappa shape index (κ1) is 19.8. The van der Waals surface area contributed by atoms with E-state index in [1.807, 2.05) is 12.1 Å². The summed E-state index contributed by atoms with van der Waals surface area (Å²) in [4.78, 5) is 37.0. The van der Waals surface area contributed by atoms with Gasteiger partial charge in [-0.3, -0.25) is 14.5 Å². The lowest BCUT2D eigenvalue weighted by Crippen LogP contribution is -2.35. The maximum absolute atomic E-state index is 12.6. The number of carbonyl (C=O) groups excluding carboxylic acids is 3. The van der Waals surface area contributed by atoms with Crippen molar-refractivity contribution < 1.29 is 23.9 Å². The summed E-state index contributed by atoms with van der Waals surface area (Å²) < 4.78 is 10.6. The van der Waals surface area contributed by atoms with Crippen molar-refractivity contribution in [2.24, 2.45) is 0 Å². The molecule has 6 nitrogen and oxygen atoms in total. The van der Waals surface area contributed by atoms with Crippen LogP contribution in [0.3, 0.4) is 0 Å². The Hall–Kier alpha value is -2.97. The zero-order valence-corrected chi connectivity index (χ0v) is 16.4. The number of thioether (sulfide) groups is 1. The van der Waals surface area contributed by atoms with Gasteiger partial charge in [-0.15, -0.1) is 0 Å². The summed E-state index contributed by atoms with van der Waals surface area (Å²) in [5.74, 6) is 0.0309. The summed E-state index contributed by atoms with van der Waals surface area (Å²) in [6, 6.07) is 13.3. The molecule has 142 valence electrons. The number of amides is 1. The maximum atomic E-state index is 12.6. The van der Waals surface area contributed by atoms with E-state index in [1.54, 1.807) is 25.3 Å². The Morgan fingerprint density at radius 3 is 2.29 bits per heavy atom. The van der Waals surface area contributed by atoms with Crippen molar-refractivity contribution in [3.63, 3.8) is 0 Å². The molecule has 1 aliphatic rings. The number of benzene rings is 2. The second-order valence-electron chi connectivity index (χ2n) is 5.70. The van der Waals surface area contributed by atoms with Crippen molar-refractivity contribution in [1.29, 1.82) is 0 Å². The van der Waals surface area contributed by atoms with Gasteiger partial charge in [-0.05, 0) is 48.0 Å². The van der Waals surface area contributed by atoms with Crippen LogP contribution in [0.25, 0.3) is 6.08 Å². The molecule has 0 bridgehead atoms. The third-order valence-corrected chi connectivity index (χ3v) is 5.20. The summed E-state index contributed by atoms with van der Waals surface area (Å²) in [6.07, 6.45) is 2.41. The first-order valence-corrected chi connectivity index (χ1v) is 9.38. The third-order valence-electron chi connectivity index (χ3n) is 3.82. The number of hydrogen-bond acceptors (Lipinski definition) is 7. The van der Waals surface area contributed by atoms with Crippen molar-refractivity contribution in [2.75, 3.05) is 13.7 Å². The fraction of sp³-hybridized carbons (Fsp3) is 0.100. The molecule has 28 heavy (non-hydrogen) atoms. The van der Waals surface area contributed by atoms with E-state index in [4.69, 9.17) is 21.7 Å². The van der Waals surface area contributed by atoms with Gasteiger partial charge >= 0.3 is 5.97 Å². The van der Waals surface area contributed by atoms with Crippen molar-refractivity contribution in [3.05, 3.63) is 64.6 Å². The first-order chi connectivity index (χ1) is 13.5. The lowest BCUT2D eigenvalue weighted by molar-refractivity contribution is -0.138. The topological polar surface area (TPSA) is 72.9 Å². The van der Waals surface area contributed by atoms with Crippen LogP contribution in [0.4, 0.5) is 0 Å². The van der Waals surface area contributed by atoms with Crippen LogP contribution in [-0.4, -0.2) is 41.0 Å². The van der Waals surface area contributed by atoms with Crippen LogP contribution in [0.15, 0.2) is 53.4 Å². The Balaban J connectivity index is 1.66. The van der Waals surface area contributed by atoms with Gasteiger partial charge in [-0.25, -0.2) is 4.79 Å². The highest BCUT2D eigenvalue weighted by Crippen LogP contribution is 2.32. The van der Waals surface area contributed by atoms with Gasteiger partial charge in [-0.2, -0.15) is 0 Å². The molecule has 1 amide bonds. The fourth-order valence-electron chi connectivity index (χ4n) is 2.40. The molecule has 1 aliphatic heterocycles. The average molecular weight is 413 g/mol. The number of carbonyl (C=O) groups is 3. The molecule has 1 heterocycles. The van der Waals surface area contributed by atoms with Gasteiger partial charge in [0.1, 0.15) is 28.7 Å². The van der Waals surface area contributed by atoms with Crippen LogP contribution in [0, 0.1) is 0 Å². The maximum Gasteiger partial charge on any atom is 0.331 e. The molecule has 2 aromatic carbocycles. The average Bonchev–Trinajstić information content (AvgIpc) is 2.96. The molecule has 0 aliphatic carbocycles. The van der Waals surface area contributed by atoms with Crippen molar-refractivity contribution in [1.82, 2.24) is 4.90 Å². The monoisotopic (exact) mass is 413 g/mol. The quantitative estimate of drug-likeness (QED) is 0.236. The lowest BCUT2D eigenvalue weighted by atomic mass is 10.2. The van der Waals surface area contributed by atoms with Crippen molar-refractivity contribution in [2.45, 2.75) is 0 Å². The number of nitrogens with zero attached hydrogens (tertiary/aromatic N) is 1. The normalized spacial score (nSPS) is 15.0. The molecule has 2 aromatic rings. The summed E-state index contributed by atoms with van der Waals surface area (Å²) in [5, 5.41) is 0. The molecular weight excluding hydrogens is 398 g/mol. The molecule has 0 radical (unpaired) electrons. The Bertz CT molecular complexity index is 952. The highest BCUT2D eigenvalue weighted by molar-refractivity contribution is 8.26. The molecule has 0 aromatic heterocycles. The summed E-state index contributed by atoms with van der Waals surface area (Å²) in [5.41, 5.74) is 1.29. The number of ether oxygens (including phenoxy) is 2. The van der Waals surface area contributed by atoms with E-state index in [2.05, 4.69) is 0 Å². The minimum atomic E-state index is -0.624. The molecule has 8 heteroatoms. The number of hydrogen-bond donors (Lipinski definition) is 0. The van der Waals surface area contributed by atoms with Crippen LogP contribution in [-0.2, 0) is 9.59 Å². The molecule has 1 saturated heterocycles. The Kier molecular flexibility index (Phi) is 6.23. The second-order valence-corrected chi connectivity index (χ2v) is 7.38. The van der Waals surface area contributed by atoms with Gasteiger partial charge in [0, 0.05) is 5.56 Å². The zero-order valence-electron chi connectivity index (χ0n) is 14.8. The van der Waals surface area contributed by atoms with Gasteiger partial charge in [0.25, 0.3) is 5.91 Å². The van der Waals surface area contributed by atoms with E-state index in [-0.39, 0.29) is 22.5 Å². The van der Waals surface area contributed by atoms with Gasteiger partial charge < -0.3 is 9.47 Å². The molecule has 0 saturated carbocycles. The van der Waals surface area contributed by atoms with Crippen LogP contribution < -0.4 is 9.47 Å². The van der Waals surface area contributed by atoms with Gasteiger partial charge in [0.2, 0.25) is 0 Å². The van der Waals surface area contributed by atoms with Crippen LogP contribution >= 0.6 is 24.0 Å². The molecule has 0 unspecified atom stereocenters.